The van der Waals surface area contributed by atoms with Crippen LogP contribution in [0.4, 0.5) is 0 Å². The van der Waals surface area contributed by atoms with Crippen LogP contribution in [-0.2, 0) is 10.0 Å². The van der Waals surface area contributed by atoms with Gasteiger partial charge in [0.1, 0.15) is 10.6 Å². The van der Waals surface area contributed by atoms with E-state index >= 15 is 0 Å². The summed E-state index contributed by atoms with van der Waals surface area (Å²) in [6, 6.07) is 4.73. The van der Waals surface area contributed by atoms with Gasteiger partial charge in [-0.25, -0.2) is 8.42 Å². The molecule has 0 atom stereocenters. The second kappa shape index (κ2) is 6.33. The van der Waals surface area contributed by atoms with Crippen LogP contribution in [0.3, 0.4) is 0 Å². The average Bonchev–Trinajstić information content (AvgIpc) is 2.41. The van der Waals surface area contributed by atoms with Crippen molar-refractivity contribution in [3.05, 3.63) is 23.2 Å². The zero-order chi connectivity index (χ0) is 14.8. The lowest BCUT2D eigenvalue weighted by molar-refractivity contribution is 0.285. The fraction of sp³-hybridized carbons (Fsp3) is 0.571. The Balaban J connectivity index is 2.35. The van der Waals surface area contributed by atoms with Gasteiger partial charge in [-0.1, -0.05) is 18.5 Å². The van der Waals surface area contributed by atoms with Gasteiger partial charge in [0.15, 0.2) is 0 Å². The Hall–Kier alpha value is -0.780. The quantitative estimate of drug-likeness (QED) is 0.857. The highest BCUT2D eigenvalue weighted by Crippen LogP contribution is 2.31. The van der Waals surface area contributed by atoms with E-state index in [0.29, 0.717) is 36.4 Å². The maximum absolute atomic E-state index is 12.7. The standard InChI is InChI=1S/C14H20ClNO3S/c1-3-19-13-5-4-12(15)10-14(13)20(17,18)16-8-6-11(2)7-9-16/h4-5,10-11H,3,6-9H2,1-2H3. The summed E-state index contributed by atoms with van der Waals surface area (Å²) in [5.41, 5.74) is 0. The van der Waals surface area contributed by atoms with Gasteiger partial charge in [0.25, 0.3) is 0 Å². The van der Waals surface area contributed by atoms with Gasteiger partial charge < -0.3 is 4.74 Å². The predicted octanol–water partition coefficient (Wildman–Crippen LogP) is 3.16. The van der Waals surface area contributed by atoms with E-state index in [1.165, 1.54) is 10.4 Å². The van der Waals surface area contributed by atoms with Crippen LogP contribution in [0.5, 0.6) is 5.75 Å². The first-order chi connectivity index (χ1) is 9.45. The highest BCUT2D eigenvalue weighted by molar-refractivity contribution is 7.89. The molecule has 1 aromatic carbocycles. The Morgan fingerprint density at radius 3 is 2.60 bits per heavy atom. The van der Waals surface area contributed by atoms with Crippen LogP contribution in [0.25, 0.3) is 0 Å². The van der Waals surface area contributed by atoms with Crippen LogP contribution in [-0.4, -0.2) is 32.4 Å². The normalized spacial score (nSPS) is 18.1. The zero-order valence-corrected chi connectivity index (χ0v) is 13.4. The van der Waals surface area contributed by atoms with Gasteiger partial charge in [-0.15, -0.1) is 0 Å². The van der Waals surface area contributed by atoms with Crippen molar-refractivity contribution in [2.24, 2.45) is 5.92 Å². The number of hydrogen-bond acceptors (Lipinski definition) is 3. The maximum atomic E-state index is 12.7. The maximum Gasteiger partial charge on any atom is 0.246 e. The first-order valence-electron chi connectivity index (χ1n) is 6.87. The van der Waals surface area contributed by atoms with Crippen LogP contribution in [0.15, 0.2) is 23.1 Å². The van der Waals surface area contributed by atoms with E-state index in [0.717, 1.165) is 12.8 Å². The number of nitrogens with zero attached hydrogens (tertiary/aromatic N) is 1. The molecule has 0 aromatic heterocycles. The summed E-state index contributed by atoms with van der Waals surface area (Å²) in [5.74, 6) is 0.947. The molecule has 0 radical (unpaired) electrons. The minimum absolute atomic E-state index is 0.168. The summed E-state index contributed by atoms with van der Waals surface area (Å²) in [6.07, 6.45) is 1.79. The molecule has 2 rings (SSSR count). The lowest BCUT2D eigenvalue weighted by Crippen LogP contribution is -2.38. The first kappa shape index (κ1) is 15.6. The van der Waals surface area contributed by atoms with Crippen molar-refractivity contribution in [3.8, 4) is 5.75 Å². The minimum Gasteiger partial charge on any atom is -0.492 e. The van der Waals surface area contributed by atoms with Gasteiger partial charge in [-0.2, -0.15) is 4.31 Å². The zero-order valence-electron chi connectivity index (χ0n) is 11.8. The number of sulfonamides is 1. The topological polar surface area (TPSA) is 46.6 Å². The third kappa shape index (κ3) is 3.27. The molecule has 112 valence electrons. The molecule has 4 nitrogen and oxygen atoms in total. The van der Waals surface area contributed by atoms with Crippen LogP contribution < -0.4 is 4.74 Å². The number of ether oxygens (including phenoxy) is 1. The second-order valence-corrected chi connectivity index (χ2v) is 7.45. The molecule has 1 saturated heterocycles. The number of rotatable bonds is 4. The third-order valence-electron chi connectivity index (χ3n) is 3.57. The van der Waals surface area contributed by atoms with E-state index in [1.807, 2.05) is 6.92 Å². The number of benzene rings is 1. The van der Waals surface area contributed by atoms with Gasteiger partial charge in [0, 0.05) is 18.1 Å². The number of halogens is 1. The third-order valence-corrected chi connectivity index (χ3v) is 5.72. The molecule has 1 aliphatic heterocycles. The summed E-state index contributed by atoms with van der Waals surface area (Å²) in [5, 5.41) is 0.400. The Morgan fingerprint density at radius 2 is 2.00 bits per heavy atom. The highest BCUT2D eigenvalue weighted by atomic mass is 35.5. The van der Waals surface area contributed by atoms with Crippen molar-refractivity contribution >= 4 is 21.6 Å². The minimum atomic E-state index is -3.54. The van der Waals surface area contributed by atoms with E-state index in [-0.39, 0.29) is 4.90 Å². The van der Waals surface area contributed by atoms with Crippen molar-refractivity contribution in [1.29, 1.82) is 0 Å². The van der Waals surface area contributed by atoms with Gasteiger partial charge >= 0.3 is 0 Å². The fourth-order valence-corrected chi connectivity index (χ4v) is 4.19. The molecule has 0 bridgehead atoms. The van der Waals surface area contributed by atoms with Crippen molar-refractivity contribution in [2.45, 2.75) is 31.6 Å². The first-order valence-corrected chi connectivity index (χ1v) is 8.69. The van der Waals surface area contributed by atoms with Gasteiger partial charge in [-0.05, 0) is 43.9 Å². The molecule has 1 aromatic rings. The van der Waals surface area contributed by atoms with E-state index in [9.17, 15) is 8.42 Å². The van der Waals surface area contributed by atoms with E-state index < -0.39 is 10.0 Å². The lowest BCUT2D eigenvalue weighted by atomic mass is 10.0. The average molecular weight is 318 g/mol. The van der Waals surface area contributed by atoms with Crippen LogP contribution in [0.2, 0.25) is 5.02 Å². The molecule has 6 heteroatoms. The Kier molecular flexibility index (Phi) is 4.94. The monoisotopic (exact) mass is 317 g/mol. The van der Waals surface area contributed by atoms with Gasteiger partial charge in [-0.3, -0.25) is 0 Å². The molecular formula is C14H20ClNO3S. The predicted molar refractivity (Wildman–Crippen MR) is 79.8 cm³/mol. The van der Waals surface area contributed by atoms with Crippen molar-refractivity contribution in [2.75, 3.05) is 19.7 Å². The summed E-state index contributed by atoms with van der Waals surface area (Å²) >= 11 is 5.95. The van der Waals surface area contributed by atoms with E-state index in [4.69, 9.17) is 16.3 Å². The van der Waals surface area contributed by atoms with Crippen LogP contribution in [0.1, 0.15) is 26.7 Å². The Morgan fingerprint density at radius 1 is 1.35 bits per heavy atom. The molecule has 0 spiro atoms. The molecule has 0 N–H and O–H groups in total. The molecule has 0 amide bonds. The summed E-state index contributed by atoms with van der Waals surface area (Å²) in [6.45, 7) is 5.51. The lowest BCUT2D eigenvalue weighted by Gasteiger charge is -2.29. The van der Waals surface area contributed by atoms with Gasteiger partial charge in [0.2, 0.25) is 10.0 Å². The molecule has 1 aliphatic rings. The summed E-state index contributed by atoms with van der Waals surface area (Å²) in [7, 11) is -3.54. The van der Waals surface area contributed by atoms with E-state index in [1.54, 1.807) is 12.1 Å². The van der Waals surface area contributed by atoms with Crippen molar-refractivity contribution in [3.63, 3.8) is 0 Å². The van der Waals surface area contributed by atoms with Crippen LogP contribution in [0, 0.1) is 5.92 Å². The van der Waals surface area contributed by atoms with Crippen molar-refractivity contribution < 1.29 is 13.2 Å². The van der Waals surface area contributed by atoms with Gasteiger partial charge in [0.05, 0.1) is 6.61 Å². The fourth-order valence-electron chi connectivity index (χ4n) is 2.32. The molecule has 0 saturated carbocycles. The molecule has 20 heavy (non-hydrogen) atoms. The molecule has 0 aliphatic carbocycles. The SMILES string of the molecule is CCOc1ccc(Cl)cc1S(=O)(=O)N1CCC(C)CC1. The Bertz CT molecular complexity index is 566. The second-order valence-electron chi connectivity index (χ2n) is 5.11. The molecular weight excluding hydrogens is 298 g/mol. The van der Waals surface area contributed by atoms with Crippen LogP contribution >= 0.6 is 11.6 Å². The largest absolute Gasteiger partial charge is 0.492 e. The highest BCUT2D eigenvalue weighted by Gasteiger charge is 2.30. The smallest absolute Gasteiger partial charge is 0.246 e. The van der Waals surface area contributed by atoms with Crippen molar-refractivity contribution in [1.82, 2.24) is 4.31 Å². The summed E-state index contributed by atoms with van der Waals surface area (Å²) < 4.78 is 32.4. The molecule has 1 heterocycles. The molecule has 1 fully saturated rings. The Labute approximate surface area is 125 Å². The molecule has 0 unspecified atom stereocenters. The van der Waals surface area contributed by atoms with E-state index in [2.05, 4.69) is 6.92 Å². The number of hydrogen-bond donors (Lipinski definition) is 0. The number of piperidine rings is 1. The summed E-state index contributed by atoms with van der Waals surface area (Å²) in [4.78, 5) is 0.168.